The Balaban J connectivity index is 1.67. The lowest BCUT2D eigenvalue weighted by Crippen LogP contribution is -2.38. The van der Waals surface area contributed by atoms with E-state index in [-0.39, 0.29) is 0 Å². The smallest absolute Gasteiger partial charge is 0.0206 e. The van der Waals surface area contributed by atoms with Crippen molar-refractivity contribution in [3.63, 3.8) is 0 Å². The number of hydrogen-bond acceptors (Lipinski definition) is 2. The third-order valence-electron chi connectivity index (χ3n) is 4.87. The molecule has 0 aromatic rings. The SMILES string of the molecule is CC1CN(C2CC3CCC2C3)CC1N. The van der Waals surface area contributed by atoms with Crippen molar-refractivity contribution in [3.8, 4) is 0 Å². The van der Waals surface area contributed by atoms with Crippen LogP contribution in [0.2, 0.25) is 0 Å². The summed E-state index contributed by atoms with van der Waals surface area (Å²) in [5.41, 5.74) is 6.09. The van der Waals surface area contributed by atoms with Crippen LogP contribution in [0.25, 0.3) is 0 Å². The minimum Gasteiger partial charge on any atom is -0.326 e. The Kier molecular flexibility index (Phi) is 2.10. The molecule has 0 spiro atoms. The Bertz CT molecular complexity index is 218. The van der Waals surface area contributed by atoms with E-state index in [4.69, 9.17) is 5.73 Å². The van der Waals surface area contributed by atoms with Gasteiger partial charge in [0.15, 0.2) is 0 Å². The molecule has 2 nitrogen and oxygen atoms in total. The van der Waals surface area contributed by atoms with Crippen LogP contribution in [-0.4, -0.2) is 30.1 Å². The molecule has 1 aliphatic heterocycles. The molecule has 3 rings (SSSR count). The largest absolute Gasteiger partial charge is 0.326 e. The minimum atomic E-state index is 0.439. The third-order valence-corrected chi connectivity index (χ3v) is 4.87. The fourth-order valence-electron chi connectivity index (χ4n) is 3.96. The molecule has 0 aromatic carbocycles. The molecule has 5 unspecified atom stereocenters. The Labute approximate surface area is 86.8 Å². The normalized spacial score (nSPS) is 53.1. The molecule has 80 valence electrons. The van der Waals surface area contributed by atoms with Gasteiger partial charge in [-0.3, -0.25) is 4.90 Å². The summed E-state index contributed by atoms with van der Waals surface area (Å²) >= 11 is 0. The first-order chi connectivity index (χ1) is 6.74. The molecule has 14 heavy (non-hydrogen) atoms. The van der Waals surface area contributed by atoms with Crippen LogP contribution in [0.15, 0.2) is 0 Å². The Morgan fingerprint density at radius 1 is 1.14 bits per heavy atom. The zero-order valence-electron chi connectivity index (χ0n) is 9.15. The van der Waals surface area contributed by atoms with Crippen LogP contribution in [0, 0.1) is 17.8 Å². The summed E-state index contributed by atoms with van der Waals surface area (Å²) < 4.78 is 0. The van der Waals surface area contributed by atoms with Crippen molar-refractivity contribution >= 4 is 0 Å². The number of nitrogens with two attached hydrogens (primary N) is 1. The summed E-state index contributed by atoms with van der Waals surface area (Å²) in [7, 11) is 0. The Hall–Kier alpha value is -0.0800. The lowest BCUT2D eigenvalue weighted by molar-refractivity contribution is 0.170. The van der Waals surface area contributed by atoms with Crippen molar-refractivity contribution in [2.45, 2.75) is 44.7 Å². The first-order valence-corrected chi connectivity index (χ1v) is 6.23. The van der Waals surface area contributed by atoms with Crippen molar-refractivity contribution in [2.75, 3.05) is 13.1 Å². The zero-order valence-corrected chi connectivity index (χ0v) is 9.15. The van der Waals surface area contributed by atoms with E-state index in [2.05, 4.69) is 11.8 Å². The van der Waals surface area contributed by atoms with Gasteiger partial charge in [-0.25, -0.2) is 0 Å². The van der Waals surface area contributed by atoms with Gasteiger partial charge in [-0.2, -0.15) is 0 Å². The summed E-state index contributed by atoms with van der Waals surface area (Å²) in [4.78, 5) is 2.69. The maximum atomic E-state index is 6.09. The second-order valence-electron chi connectivity index (χ2n) is 5.84. The summed E-state index contributed by atoms with van der Waals surface area (Å²) in [6, 6.07) is 1.35. The van der Waals surface area contributed by atoms with Crippen molar-refractivity contribution in [1.82, 2.24) is 4.90 Å². The molecule has 0 amide bonds. The monoisotopic (exact) mass is 194 g/mol. The Morgan fingerprint density at radius 3 is 2.50 bits per heavy atom. The molecule has 0 aromatic heterocycles. The molecular formula is C12H22N2. The predicted molar refractivity (Wildman–Crippen MR) is 57.9 cm³/mol. The molecule has 2 aliphatic carbocycles. The van der Waals surface area contributed by atoms with Gasteiger partial charge in [-0.15, -0.1) is 0 Å². The lowest BCUT2D eigenvalue weighted by atomic mass is 9.94. The van der Waals surface area contributed by atoms with Crippen LogP contribution < -0.4 is 5.73 Å². The van der Waals surface area contributed by atoms with E-state index < -0.39 is 0 Å². The molecular weight excluding hydrogens is 172 g/mol. The first-order valence-electron chi connectivity index (χ1n) is 6.23. The van der Waals surface area contributed by atoms with Crippen molar-refractivity contribution in [3.05, 3.63) is 0 Å². The average Bonchev–Trinajstić information content (AvgIpc) is 2.82. The van der Waals surface area contributed by atoms with E-state index in [1.807, 2.05) is 0 Å². The molecule has 2 bridgehead atoms. The highest BCUT2D eigenvalue weighted by atomic mass is 15.2. The van der Waals surface area contributed by atoms with E-state index in [0.717, 1.165) is 24.4 Å². The fourth-order valence-corrected chi connectivity index (χ4v) is 3.96. The summed E-state index contributed by atoms with van der Waals surface area (Å²) in [6.07, 6.45) is 6.00. The second kappa shape index (κ2) is 3.21. The number of nitrogens with zero attached hydrogens (tertiary/aromatic N) is 1. The molecule has 2 N–H and O–H groups in total. The van der Waals surface area contributed by atoms with Gasteiger partial charge in [0.1, 0.15) is 0 Å². The number of rotatable bonds is 1. The average molecular weight is 194 g/mol. The van der Waals surface area contributed by atoms with Crippen molar-refractivity contribution in [2.24, 2.45) is 23.5 Å². The number of likely N-dealkylation sites (tertiary alicyclic amines) is 1. The quantitative estimate of drug-likeness (QED) is 0.684. The fraction of sp³-hybridized carbons (Fsp3) is 1.00. The van der Waals surface area contributed by atoms with Gasteiger partial charge in [-0.1, -0.05) is 13.3 Å². The van der Waals surface area contributed by atoms with Gasteiger partial charge >= 0.3 is 0 Å². The molecule has 3 fully saturated rings. The molecule has 0 radical (unpaired) electrons. The van der Waals surface area contributed by atoms with Gasteiger partial charge < -0.3 is 5.73 Å². The summed E-state index contributed by atoms with van der Waals surface area (Å²) in [5, 5.41) is 0. The van der Waals surface area contributed by atoms with Crippen LogP contribution >= 0.6 is 0 Å². The highest BCUT2D eigenvalue weighted by molar-refractivity contribution is 4.98. The summed E-state index contributed by atoms with van der Waals surface area (Å²) in [5.74, 6) is 2.81. The number of fused-ring (bicyclic) bond motifs is 2. The molecule has 2 saturated carbocycles. The van der Waals surface area contributed by atoms with E-state index in [1.54, 1.807) is 0 Å². The second-order valence-corrected chi connectivity index (χ2v) is 5.84. The van der Waals surface area contributed by atoms with Gasteiger partial charge in [0.05, 0.1) is 0 Å². The van der Waals surface area contributed by atoms with Gasteiger partial charge in [0, 0.05) is 25.2 Å². The zero-order chi connectivity index (χ0) is 9.71. The van der Waals surface area contributed by atoms with Gasteiger partial charge in [0.2, 0.25) is 0 Å². The van der Waals surface area contributed by atoms with Crippen LogP contribution in [0.4, 0.5) is 0 Å². The topological polar surface area (TPSA) is 29.3 Å². The van der Waals surface area contributed by atoms with Gasteiger partial charge in [-0.05, 0) is 37.0 Å². The maximum absolute atomic E-state index is 6.09. The van der Waals surface area contributed by atoms with Crippen LogP contribution in [0.5, 0.6) is 0 Å². The van der Waals surface area contributed by atoms with E-state index >= 15 is 0 Å². The van der Waals surface area contributed by atoms with Gasteiger partial charge in [0.25, 0.3) is 0 Å². The molecule has 5 atom stereocenters. The van der Waals surface area contributed by atoms with Crippen LogP contribution in [0.1, 0.15) is 32.6 Å². The molecule has 3 aliphatic rings. The van der Waals surface area contributed by atoms with E-state index in [0.29, 0.717) is 12.0 Å². The van der Waals surface area contributed by atoms with Crippen LogP contribution in [-0.2, 0) is 0 Å². The van der Waals surface area contributed by atoms with Crippen molar-refractivity contribution < 1.29 is 0 Å². The molecule has 1 saturated heterocycles. The highest BCUT2D eigenvalue weighted by Crippen LogP contribution is 2.47. The molecule has 2 heteroatoms. The van der Waals surface area contributed by atoms with E-state index in [1.165, 1.54) is 32.2 Å². The highest BCUT2D eigenvalue weighted by Gasteiger charge is 2.44. The molecule has 1 heterocycles. The van der Waals surface area contributed by atoms with Crippen LogP contribution in [0.3, 0.4) is 0 Å². The summed E-state index contributed by atoms with van der Waals surface area (Å²) in [6.45, 7) is 4.72. The standard InChI is InChI=1S/C12H22N2/c1-8-6-14(7-11(8)13)12-5-9-2-3-10(12)4-9/h8-12H,2-7,13H2,1H3. The first kappa shape index (κ1) is 9.17. The maximum Gasteiger partial charge on any atom is 0.0206 e. The lowest BCUT2D eigenvalue weighted by Gasteiger charge is -2.31. The number of hydrogen-bond donors (Lipinski definition) is 1. The van der Waals surface area contributed by atoms with E-state index in [9.17, 15) is 0 Å². The third kappa shape index (κ3) is 1.31. The minimum absolute atomic E-state index is 0.439. The predicted octanol–water partition coefficient (Wildman–Crippen LogP) is 1.45. The van der Waals surface area contributed by atoms with Crippen molar-refractivity contribution in [1.29, 1.82) is 0 Å². The Morgan fingerprint density at radius 2 is 2.00 bits per heavy atom.